The zero-order valence-corrected chi connectivity index (χ0v) is 12.7. The van der Waals surface area contributed by atoms with E-state index < -0.39 is 5.97 Å². The number of rotatable bonds is 10. The molecule has 20 heavy (non-hydrogen) atoms. The molecular formula is C15H28N2O3. The maximum atomic E-state index is 12.3. The van der Waals surface area contributed by atoms with Gasteiger partial charge in [0.2, 0.25) is 0 Å². The third-order valence-electron chi connectivity index (χ3n) is 3.74. The second-order valence-corrected chi connectivity index (χ2v) is 5.69. The molecule has 1 rings (SSSR count). The van der Waals surface area contributed by atoms with Crippen molar-refractivity contribution >= 4 is 12.0 Å². The molecule has 1 aliphatic carbocycles. The van der Waals surface area contributed by atoms with Gasteiger partial charge in [0.15, 0.2) is 0 Å². The Labute approximate surface area is 121 Å². The Morgan fingerprint density at radius 3 is 2.15 bits per heavy atom. The van der Waals surface area contributed by atoms with Gasteiger partial charge in [-0.3, -0.25) is 4.79 Å². The standard InChI is InChI=1S/C15H28N2O3/c1-3-5-9-17(10-6-4-2)15(20)16-13(11-14(18)19)12-7-8-12/h12-13H,3-11H2,1-2H3,(H,16,20)(H,18,19). The predicted octanol–water partition coefficient (Wildman–Crippen LogP) is 2.85. The number of carboxylic acid groups (broad SMARTS) is 1. The van der Waals surface area contributed by atoms with Crippen LogP contribution in [0.2, 0.25) is 0 Å². The lowest BCUT2D eigenvalue weighted by atomic mass is 10.1. The van der Waals surface area contributed by atoms with Gasteiger partial charge in [-0.1, -0.05) is 26.7 Å². The Hall–Kier alpha value is -1.26. The van der Waals surface area contributed by atoms with Gasteiger partial charge in [0.25, 0.3) is 0 Å². The summed E-state index contributed by atoms with van der Waals surface area (Å²) in [7, 11) is 0. The lowest BCUT2D eigenvalue weighted by Gasteiger charge is -2.26. The van der Waals surface area contributed by atoms with Gasteiger partial charge in [0.1, 0.15) is 0 Å². The summed E-state index contributed by atoms with van der Waals surface area (Å²) in [6.07, 6.45) is 6.18. The van der Waals surface area contributed by atoms with Crippen LogP contribution in [0.5, 0.6) is 0 Å². The topological polar surface area (TPSA) is 69.6 Å². The predicted molar refractivity (Wildman–Crippen MR) is 78.7 cm³/mol. The first-order valence-electron chi connectivity index (χ1n) is 7.85. The van der Waals surface area contributed by atoms with Crippen LogP contribution in [0.3, 0.4) is 0 Å². The number of carboxylic acids is 1. The van der Waals surface area contributed by atoms with Crippen LogP contribution in [0.25, 0.3) is 0 Å². The summed E-state index contributed by atoms with van der Waals surface area (Å²) in [5.41, 5.74) is 0. The van der Waals surface area contributed by atoms with Crippen molar-refractivity contribution in [2.75, 3.05) is 13.1 Å². The monoisotopic (exact) mass is 284 g/mol. The van der Waals surface area contributed by atoms with Crippen molar-refractivity contribution < 1.29 is 14.7 Å². The van der Waals surface area contributed by atoms with Crippen molar-refractivity contribution in [1.82, 2.24) is 10.2 Å². The number of nitrogens with zero attached hydrogens (tertiary/aromatic N) is 1. The highest BCUT2D eigenvalue weighted by molar-refractivity contribution is 5.76. The lowest BCUT2D eigenvalue weighted by molar-refractivity contribution is -0.137. The van der Waals surface area contributed by atoms with Gasteiger partial charge in [-0.2, -0.15) is 0 Å². The molecule has 1 atom stereocenters. The molecule has 5 nitrogen and oxygen atoms in total. The minimum Gasteiger partial charge on any atom is -0.481 e. The Bertz CT molecular complexity index is 308. The maximum absolute atomic E-state index is 12.3. The first-order chi connectivity index (χ1) is 9.58. The molecule has 2 amide bonds. The molecule has 0 heterocycles. The molecule has 1 unspecified atom stereocenters. The van der Waals surface area contributed by atoms with Crippen molar-refractivity contribution in [3.8, 4) is 0 Å². The van der Waals surface area contributed by atoms with Crippen molar-refractivity contribution in [1.29, 1.82) is 0 Å². The average molecular weight is 284 g/mol. The smallest absolute Gasteiger partial charge is 0.317 e. The minimum absolute atomic E-state index is 0.0335. The first kappa shape index (κ1) is 16.8. The largest absolute Gasteiger partial charge is 0.481 e. The second-order valence-electron chi connectivity index (χ2n) is 5.69. The van der Waals surface area contributed by atoms with E-state index >= 15 is 0 Å². The molecule has 1 fully saturated rings. The number of amides is 2. The molecule has 0 bridgehead atoms. The van der Waals surface area contributed by atoms with Crippen LogP contribution in [-0.4, -0.2) is 41.1 Å². The summed E-state index contributed by atoms with van der Waals surface area (Å²) in [6, 6.07) is -0.296. The van der Waals surface area contributed by atoms with Crippen molar-refractivity contribution in [2.45, 2.75) is 64.8 Å². The van der Waals surface area contributed by atoms with Crippen molar-refractivity contribution in [2.24, 2.45) is 5.92 Å². The second kappa shape index (κ2) is 8.82. The number of carbonyl (C=O) groups excluding carboxylic acids is 1. The van der Waals surface area contributed by atoms with E-state index in [-0.39, 0.29) is 18.5 Å². The minimum atomic E-state index is -0.837. The van der Waals surface area contributed by atoms with Crippen LogP contribution in [0.1, 0.15) is 58.8 Å². The van der Waals surface area contributed by atoms with E-state index in [2.05, 4.69) is 19.2 Å². The molecule has 0 aromatic heterocycles. The van der Waals surface area contributed by atoms with Crippen LogP contribution in [0.4, 0.5) is 4.79 Å². The molecule has 1 aliphatic rings. The zero-order chi connectivity index (χ0) is 15.0. The number of carbonyl (C=O) groups is 2. The maximum Gasteiger partial charge on any atom is 0.317 e. The summed E-state index contributed by atoms with van der Waals surface area (Å²) < 4.78 is 0. The van der Waals surface area contributed by atoms with Crippen LogP contribution in [0, 0.1) is 5.92 Å². The molecule has 5 heteroatoms. The van der Waals surface area contributed by atoms with Crippen LogP contribution in [-0.2, 0) is 4.79 Å². The summed E-state index contributed by atoms with van der Waals surface area (Å²) in [6.45, 7) is 5.72. The quantitative estimate of drug-likeness (QED) is 0.648. The number of urea groups is 1. The summed E-state index contributed by atoms with van der Waals surface area (Å²) in [5.74, 6) is -0.481. The number of hydrogen-bond donors (Lipinski definition) is 2. The summed E-state index contributed by atoms with van der Waals surface area (Å²) in [5, 5.41) is 11.9. The van der Waals surface area contributed by atoms with Gasteiger partial charge in [-0.15, -0.1) is 0 Å². The molecule has 0 aromatic carbocycles. The fourth-order valence-corrected chi connectivity index (χ4v) is 2.28. The summed E-state index contributed by atoms with van der Waals surface area (Å²) in [4.78, 5) is 25.0. The van der Waals surface area contributed by atoms with E-state index in [1.807, 2.05) is 4.90 Å². The Balaban J connectivity index is 2.50. The number of aliphatic carboxylic acids is 1. The van der Waals surface area contributed by atoms with E-state index in [0.29, 0.717) is 5.92 Å². The van der Waals surface area contributed by atoms with Gasteiger partial charge < -0.3 is 15.3 Å². The SMILES string of the molecule is CCCCN(CCCC)C(=O)NC(CC(=O)O)C1CC1. The lowest BCUT2D eigenvalue weighted by Crippen LogP contribution is -2.47. The molecular weight excluding hydrogens is 256 g/mol. The zero-order valence-electron chi connectivity index (χ0n) is 12.7. The first-order valence-corrected chi connectivity index (χ1v) is 7.85. The highest BCUT2D eigenvalue weighted by atomic mass is 16.4. The third-order valence-corrected chi connectivity index (χ3v) is 3.74. The van der Waals surface area contributed by atoms with Gasteiger partial charge in [-0.25, -0.2) is 4.79 Å². The van der Waals surface area contributed by atoms with E-state index in [1.165, 1.54) is 0 Å². The Kier molecular flexibility index (Phi) is 7.41. The van der Waals surface area contributed by atoms with Crippen molar-refractivity contribution in [3.05, 3.63) is 0 Å². The fourth-order valence-electron chi connectivity index (χ4n) is 2.28. The average Bonchev–Trinajstić information content (AvgIpc) is 3.21. The Morgan fingerprint density at radius 2 is 1.75 bits per heavy atom. The van der Waals surface area contributed by atoms with Crippen LogP contribution < -0.4 is 5.32 Å². The van der Waals surface area contributed by atoms with E-state index in [1.54, 1.807) is 0 Å². The van der Waals surface area contributed by atoms with Crippen molar-refractivity contribution in [3.63, 3.8) is 0 Å². The van der Waals surface area contributed by atoms with E-state index in [4.69, 9.17) is 5.11 Å². The molecule has 0 aromatic rings. The van der Waals surface area contributed by atoms with E-state index in [9.17, 15) is 9.59 Å². The molecule has 0 saturated heterocycles. The third kappa shape index (κ3) is 6.26. The molecule has 1 saturated carbocycles. The Morgan fingerprint density at radius 1 is 1.20 bits per heavy atom. The van der Waals surface area contributed by atoms with Crippen LogP contribution >= 0.6 is 0 Å². The van der Waals surface area contributed by atoms with E-state index in [0.717, 1.165) is 51.6 Å². The summed E-state index contributed by atoms with van der Waals surface area (Å²) >= 11 is 0. The molecule has 0 radical (unpaired) electrons. The molecule has 116 valence electrons. The van der Waals surface area contributed by atoms with Gasteiger partial charge in [0, 0.05) is 19.1 Å². The molecule has 2 N–H and O–H groups in total. The van der Waals surface area contributed by atoms with Crippen LogP contribution in [0.15, 0.2) is 0 Å². The van der Waals surface area contributed by atoms with Gasteiger partial charge >= 0.3 is 12.0 Å². The number of unbranched alkanes of at least 4 members (excludes halogenated alkanes) is 2. The molecule has 0 spiro atoms. The number of nitrogens with one attached hydrogen (secondary N) is 1. The number of hydrogen-bond acceptors (Lipinski definition) is 2. The normalized spacial score (nSPS) is 15.7. The van der Waals surface area contributed by atoms with Gasteiger partial charge in [-0.05, 0) is 31.6 Å². The fraction of sp³-hybridized carbons (Fsp3) is 0.867. The highest BCUT2D eigenvalue weighted by Crippen LogP contribution is 2.34. The highest BCUT2D eigenvalue weighted by Gasteiger charge is 2.34. The molecule has 0 aliphatic heterocycles. The van der Waals surface area contributed by atoms with Gasteiger partial charge in [0.05, 0.1) is 6.42 Å².